The molecule has 4 rings (SSSR count). The van der Waals surface area contributed by atoms with Crippen molar-refractivity contribution in [2.45, 2.75) is 13.5 Å². The SMILES string of the molecule is Cc1cccc(Cn2cnc3nc(-c4ccc(N)cc4)[nH]c(=O)c32)c1. The first-order valence-corrected chi connectivity index (χ1v) is 7.97. The number of nitrogens with zero attached hydrogens (tertiary/aromatic N) is 3. The van der Waals surface area contributed by atoms with Crippen molar-refractivity contribution in [3.8, 4) is 11.4 Å². The molecule has 0 aliphatic heterocycles. The van der Waals surface area contributed by atoms with Crippen LogP contribution >= 0.6 is 0 Å². The van der Waals surface area contributed by atoms with Crippen molar-refractivity contribution in [1.82, 2.24) is 19.5 Å². The first kappa shape index (κ1) is 15.1. The molecule has 2 aromatic carbocycles. The molecule has 3 N–H and O–H groups in total. The third-order valence-electron chi connectivity index (χ3n) is 4.10. The molecule has 2 aromatic heterocycles. The molecule has 0 amide bonds. The number of nitrogen functional groups attached to an aromatic ring is 1. The van der Waals surface area contributed by atoms with Crippen LogP contribution in [0, 0.1) is 6.92 Å². The summed E-state index contributed by atoms with van der Waals surface area (Å²) in [6.07, 6.45) is 1.65. The lowest BCUT2D eigenvalue weighted by Gasteiger charge is -2.06. The molecule has 2 heterocycles. The molecule has 0 fully saturated rings. The van der Waals surface area contributed by atoms with Crippen molar-refractivity contribution in [3.05, 3.63) is 76.3 Å². The van der Waals surface area contributed by atoms with E-state index in [1.54, 1.807) is 18.5 Å². The zero-order chi connectivity index (χ0) is 17.4. The number of hydrogen-bond donors (Lipinski definition) is 2. The maximum Gasteiger partial charge on any atom is 0.277 e. The largest absolute Gasteiger partial charge is 0.399 e. The molecule has 0 saturated heterocycles. The van der Waals surface area contributed by atoms with Crippen molar-refractivity contribution in [2.24, 2.45) is 0 Å². The van der Waals surface area contributed by atoms with Crippen LogP contribution in [0.5, 0.6) is 0 Å². The Balaban J connectivity index is 1.77. The average Bonchev–Trinajstić information content (AvgIpc) is 2.99. The molecule has 0 unspecified atom stereocenters. The Kier molecular flexibility index (Phi) is 3.57. The molecular formula is C19H17N5O. The van der Waals surface area contributed by atoms with Gasteiger partial charge >= 0.3 is 0 Å². The van der Waals surface area contributed by atoms with Crippen LogP contribution in [0.15, 0.2) is 59.7 Å². The van der Waals surface area contributed by atoms with Crippen LogP contribution in [-0.4, -0.2) is 19.5 Å². The molecule has 25 heavy (non-hydrogen) atoms. The summed E-state index contributed by atoms with van der Waals surface area (Å²) in [5.41, 5.74) is 10.2. The van der Waals surface area contributed by atoms with E-state index in [4.69, 9.17) is 5.73 Å². The van der Waals surface area contributed by atoms with E-state index in [9.17, 15) is 4.79 Å². The van der Waals surface area contributed by atoms with Crippen molar-refractivity contribution in [1.29, 1.82) is 0 Å². The summed E-state index contributed by atoms with van der Waals surface area (Å²) in [4.78, 5) is 24.2. The van der Waals surface area contributed by atoms with Gasteiger partial charge in [-0.05, 0) is 36.8 Å². The normalized spacial score (nSPS) is 11.1. The van der Waals surface area contributed by atoms with Crippen molar-refractivity contribution >= 4 is 16.9 Å². The number of aromatic amines is 1. The Morgan fingerprint density at radius 1 is 1.16 bits per heavy atom. The predicted molar refractivity (Wildman–Crippen MR) is 98.3 cm³/mol. The first-order chi connectivity index (χ1) is 12.1. The fourth-order valence-corrected chi connectivity index (χ4v) is 2.89. The zero-order valence-corrected chi connectivity index (χ0v) is 13.7. The number of rotatable bonds is 3. The fourth-order valence-electron chi connectivity index (χ4n) is 2.89. The standard InChI is InChI=1S/C19H17N5O/c1-12-3-2-4-13(9-12)10-24-11-21-18-16(24)19(25)23-17(22-18)14-5-7-15(20)8-6-14/h2-9,11H,10,20H2,1H3,(H,22,23,25). The molecule has 0 aliphatic rings. The van der Waals surface area contributed by atoms with E-state index in [0.29, 0.717) is 29.2 Å². The summed E-state index contributed by atoms with van der Waals surface area (Å²) >= 11 is 0. The topological polar surface area (TPSA) is 89.6 Å². The van der Waals surface area contributed by atoms with Crippen molar-refractivity contribution in [3.63, 3.8) is 0 Å². The van der Waals surface area contributed by atoms with E-state index in [1.807, 2.05) is 41.8 Å². The van der Waals surface area contributed by atoms with Crippen LogP contribution < -0.4 is 11.3 Å². The summed E-state index contributed by atoms with van der Waals surface area (Å²) in [5, 5.41) is 0. The van der Waals surface area contributed by atoms with E-state index in [1.165, 1.54) is 5.56 Å². The van der Waals surface area contributed by atoms with Gasteiger partial charge in [0.05, 0.1) is 6.33 Å². The second-order valence-corrected chi connectivity index (χ2v) is 6.07. The molecule has 0 saturated carbocycles. The van der Waals surface area contributed by atoms with Gasteiger partial charge in [-0.25, -0.2) is 9.97 Å². The lowest BCUT2D eigenvalue weighted by Crippen LogP contribution is -2.13. The molecule has 0 aliphatic carbocycles. The van der Waals surface area contributed by atoms with Crippen LogP contribution in [0.25, 0.3) is 22.6 Å². The van der Waals surface area contributed by atoms with Crippen LogP contribution in [0.3, 0.4) is 0 Å². The van der Waals surface area contributed by atoms with Crippen LogP contribution in [0.4, 0.5) is 5.69 Å². The van der Waals surface area contributed by atoms with E-state index < -0.39 is 0 Å². The molecule has 4 aromatic rings. The van der Waals surface area contributed by atoms with Gasteiger partial charge in [0, 0.05) is 17.8 Å². The third kappa shape index (κ3) is 2.89. The number of nitrogens with one attached hydrogen (secondary N) is 1. The highest BCUT2D eigenvalue weighted by Gasteiger charge is 2.12. The molecule has 124 valence electrons. The lowest BCUT2D eigenvalue weighted by atomic mass is 10.1. The molecule has 0 spiro atoms. The summed E-state index contributed by atoms with van der Waals surface area (Å²) in [7, 11) is 0. The number of aryl methyl sites for hydroxylation is 1. The van der Waals surface area contributed by atoms with Crippen molar-refractivity contribution in [2.75, 3.05) is 5.73 Å². The summed E-state index contributed by atoms with van der Waals surface area (Å²) in [5.74, 6) is 0.485. The van der Waals surface area contributed by atoms with Gasteiger partial charge < -0.3 is 15.3 Å². The number of benzene rings is 2. The molecular weight excluding hydrogens is 314 g/mol. The maximum atomic E-state index is 12.6. The van der Waals surface area contributed by atoms with Gasteiger partial charge in [0.2, 0.25) is 0 Å². The summed E-state index contributed by atoms with van der Waals surface area (Å²) in [6.45, 7) is 2.62. The average molecular weight is 331 g/mol. The molecule has 6 heteroatoms. The summed E-state index contributed by atoms with van der Waals surface area (Å²) < 4.78 is 1.82. The van der Waals surface area contributed by atoms with Gasteiger partial charge in [-0.3, -0.25) is 4.79 Å². The third-order valence-corrected chi connectivity index (χ3v) is 4.10. The molecule has 0 atom stereocenters. The number of fused-ring (bicyclic) bond motifs is 1. The lowest BCUT2D eigenvalue weighted by molar-refractivity contribution is 0.819. The zero-order valence-electron chi connectivity index (χ0n) is 13.7. The monoisotopic (exact) mass is 331 g/mol. The minimum atomic E-state index is -0.207. The number of aromatic nitrogens is 4. The van der Waals surface area contributed by atoms with E-state index in [2.05, 4.69) is 21.0 Å². The Labute approximate surface area is 144 Å². The Morgan fingerprint density at radius 2 is 1.96 bits per heavy atom. The number of imidazole rings is 1. The first-order valence-electron chi connectivity index (χ1n) is 7.97. The molecule has 6 nitrogen and oxygen atoms in total. The van der Waals surface area contributed by atoms with Gasteiger partial charge in [-0.15, -0.1) is 0 Å². The Morgan fingerprint density at radius 3 is 2.72 bits per heavy atom. The Hall–Kier alpha value is -3.41. The second-order valence-electron chi connectivity index (χ2n) is 6.07. The maximum absolute atomic E-state index is 12.6. The second kappa shape index (κ2) is 5.90. The van der Waals surface area contributed by atoms with Gasteiger partial charge in [-0.1, -0.05) is 29.8 Å². The minimum absolute atomic E-state index is 0.207. The van der Waals surface area contributed by atoms with Crippen LogP contribution in [-0.2, 0) is 6.54 Å². The predicted octanol–water partition coefficient (Wildman–Crippen LogP) is 2.73. The smallest absolute Gasteiger partial charge is 0.277 e. The summed E-state index contributed by atoms with van der Waals surface area (Å²) in [6, 6.07) is 15.4. The quantitative estimate of drug-likeness (QED) is 0.565. The van der Waals surface area contributed by atoms with Gasteiger partial charge in [-0.2, -0.15) is 0 Å². The minimum Gasteiger partial charge on any atom is -0.399 e. The van der Waals surface area contributed by atoms with Crippen LogP contribution in [0.1, 0.15) is 11.1 Å². The highest BCUT2D eigenvalue weighted by Crippen LogP contribution is 2.18. The number of nitrogens with two attached hydrogens (primary N) is 1. The number of anilines is 1. The van der Waals surface area contributed by atoms with E-state index in [0.717, 1.165) is 11.1 Å². The molecule has 0 radical (unpaired) electrons. The van der Waals surface area contributed by atoms with Gasteiger partial charge in [0.15, 0.2) is 11.2 Å². The molecule has 0 bridgehead atoms. The van der Waals surface area contributed by atoms with Gasteiger partial charge in [0.25, 0.3) is 5.56 Å². The van der Waals surface area contributed by atoms with E-state index >= 15 is 0 Å². The number of H-pyrrole nitrogens is 1. The van der Waals surface area contributed by atoms with Crippen LogP contribution in [0.2, 0.25) is 0 Å². The van der Waals surface area contributed by atoms with E-state index in [-0.39, 0.29) is 5.56 Å². The van der Waals surface area contributed by atoms with Crippen molar-refractivity contribution < 1.29 is 0 Å². The Bertz CT molecular complexity index is 1110. The fraction of sp³-hybridized carbons (Fsp3) is 0.105. The highest BCUT2D eigenvalue weighted by molar-refractivity contribution is 5.73. The number of hydrogen-bond acceptors (Lipinski definition) is 4. The highest BCUT2D eigenvalue weighted by atomic mass is 16.1. The van der Waals surface area contributed by atoms with Gasteiger partial charge in [0.1, 0.15) is 5.82 Å².